The highest BCUT2D eigenvalue weighted by atomic mass is 16.5. The van der Waals surface area contributed by atoms with Gasteiger partial charge >= 0.3 is 5.97 Å². The predicted octanol–water partition coefficient (Wildman–Crippen LogP) is 2.27. The first-order chi connectivity index (χ1) is 8.65. The molecule has 0 radical (unpaired) electrons. The van der Waals surface area contributed by atoms with E-state index in [0.717, 1.165) is 16.7 Å². The summed E-state index contributed by atoms with van der Waals surface area (Å²) in [4.78, 5) is 11.8. The summed E-state index contributed by atoms with van der Waals surface area (Å²) in [5.74, 6) is -0.456. The highest BCUT2D eigenvalue weighted by Gasteiger charge is 2.20. The van der Waals surface area contributed by atoms with Gasteiger partial charge in [-0.05, 0) is 31.9 Å². The molecule has 1 aromatic carbocycles. The molecule has 5 heteroatoms. The molecular formula is C13H15N3O2. The average molecular weight is 245 g/mol. The van der Waals surface area contributed by atoms with Gasteiger partial charge in [-0.2, -0.15) is 10.3 Å². The molecular weight excluding hydrogens is 230 g/mol. The summed E-state index contributed by atoms with van der Waals surface area (Å²) in [6, 6.07) is 5.87. The van der Waals surface area contributed by atoms with Crippen LogP contribution in [0.3, 0.4) is 0 Å². The largest absolute Gasteiger partial charge is 0.461 e. The van der Waals surface area contributed by atoms with E-state index in [9.17, 15) is 4.79 Å². The van der Waals surface area contributed by atoms with Gasteiger partial charge in [0, 0.05) is 5.56 Å². The molecule has 0 amide bonds. The molecule has 2 aromatic rings. The molecule has 0 aliphatic heterocycles. The first kappa shape index (κ1) is 12.3. The number of carbonyl (C=O) groups excluding carboxylic acids is 1. The number of hydrogen-bond donors (Lipinski definition) is 1. The lowest BCUT2D eigenvalue weighted by atomic mass is 10.00. The molecule has 18 heavy (non-hydrogen) atoms. The summed E-state index contributed by atoms with van der Waals surface area (Å²) in [5.41, 5.74) is 3.88. The van der Waals surface area contributed by atoms with Crippen LogP contribution in [0.15, 0.2) is 18.2 Å². The van der Waals surface area contributed by atoms with E-state index in [4.69, 9.17) is 4.74 Å². The molecule has 2 rings (SSSR count). The van der Waals surface area contributed by atoms with Crippen LogP contribution in [0.1, 0.15) is 28.5 Å². The number of aryl methyl sites for hydroxylation is 1. The average Bonchev–Trinajstić information content (AvgIpc) is 2.82. The van der Waals surface area contributed by atoms with Crippen molar-refractivity contribution >= 4 is 5.97 Å². The van der Waals surface area contributed by atoms with Crippen molar-refractivity contribution in [3.05, 3.63) is 35.0 Å². The number of H-pyrrole nitrogens is 1. The van der Waals surface area contributed by atoms with Crippen LogP contribution in [0.5, 0.6) is 0 Å². The number of nitrogens with zero attached hydrogens (tertiary/aromatic N) is 2. The van der Waals surface area contributed by atoms with Crippen LogP contribution in [0, 0.1) is 13.8 Å². The monoisotopic (exact) mass is 245 g/mol. The first-order valence-corrected chi connectivity index (χ1v) is 5.79. The first-order valence-electron chi connectivity index (χ1n) is 5.79. The number of esters is 1. The summed E-state index contributed by atoms with van der Waals surface area (Å²) in [5, 5.41) is 10.4. The van der Waals surface area contributed by atoms with Gasteiger partial charge < -0.3 is 4.74 Å². The highest BCUT2D eigenvalue weighted by molar-refractivity contribution is 5.94. The number of aromatic nitrogens is 3. The second kappa shape index (κ2) is 5.00. The normalized spacial score (nSPS) is 10.4. The van der Waals surface area contributed by atoms with Crippen LogP contribution < -0.4 is 0 Å². The fourth-order valence-electron chi connectivity index (χ4n) is 1.77. The molecule has 1 aromatic heterocycles. The van der Waals surface area contributed by atoms with Gasteiger partial charge in [0.25, 0.3) is 0 Å². The van der Waals surface area contributed by atoms with Crippen LogP contribution in [0.4, 0.5) is 0 Å². The Hall–Kier alpha value is -2.17. The number of carbonyl (C=O) groups is 1. The van der Waals surface area contributed by atoms with Gasteiger partial charge in [0.2, 0.25) is 0 Å². The van der Waals surface area contributed by atoms with E-state index in [1.165, 1.54) is 0 Å². The van der Waals surface area contributed by atoms with Crippen molar-refractivity contribution in [2.75, 3.05) is 6.61 Å². The maximum atomic E-state index is 11.8. The van der Waals surface area contributed by atoms with Crippen LogP contribution in [0.25, 0.3) is 11.3 Å². The van der Waals surface area contributed by atoms with Crippen LogP contribution in [0.2, 0.25) is 0 Å². The summed E-state index contributed by atoms with van der Waals surface area (Å²) >= 11 is 0. The zero-order chi connectivity index (χ0) is 13.1. The molecule has 0 atom stereocenters. The molecule has 5 nitrogen and oxygen atoms in total. The molecule has 1 N–H and O–H groups in total. The minimum Gasteiger partial charge on any atom is -0.461 e. The molecule has 0 spiro atoms. The third kappa shape index (κ3) is 2.11. The Kier molecular flexibility index (Phi) is 3.41. The van der Waals surface area contributed by atoms with Crippen molar-refractivity contribution in [3.63, 3.8) is 0 Å². The van der Waals surface area contributed by atoms with Gasteiger partial charge in [-0.25, -0.2) is 4.79 Å². The number of aromatic amines is 1. The number of rotatable bonds is 3. The van der Waals surface area contributed by atoms with E-state index >= 15 is 0 Å². The van der Waals surface area contributed by atoms with E-state index in [0.29, 0.717) is 12.3 Å². The molecule has 1 heterocycles. The van der Waals surface area contributed by atoms with Crippen LogP contribution in [-0.2, 0) is 4.74 Å². The minimum absolute atomic E-state index is 0.227. The van der Waals surface area contributed by atoms with Crippen molar-refractivity contribution in [2.24, 2.45) is 0 Å². The summed E-state index contributed by atoms with van der Waals surface area (Å²) in [6.45, 7) is 6.09. The van der Waals surface area contributed by atoms with E-state index in [2.05, 4.69) is 15.4 Å². The third-order valence-electron chi connectivity index (χ3n) is 2.88. The fraction of sp³-hybridized carbons (Fsp3) is 0.308. The predicted molar refractivity (Wildman–Crippen MR) is 67.2 cm³/mol. The second-order valence-corrected chi connectivity index (χ2v) is 3.99. The van der Waals surface area contributed by atoms with Crippen LogP contribution in [-0.4, -0.2) is 28.0 Å². The number of nitrogens with one attached hydrogen (secondary N) is 1. The van der Waals surface area contributed by atoms with Gasteiger partial charge in [-0.15, -0.1) is 5.10 Å². The molecule has 0 aliphatic rings. The highest BCUT2D eigenvalue weighted by Crippen LogP contribution is 2.25. The van der Waals surface area contributed by atoms with Gasteiger partial charge in [-0.3, -0.25) is 0 Å². The Labute approximate surface area is 105 Å². The summed E-state index contributed by atoms with van der Waals surface area (Å²) < 4.78 is 4.96. The van der Waals surface area contributed by atoms with E-state index < -0.39 is 5.97 Å². The van der Waals surface area contributed by atoms with Crippen LogP contribution >= 0.6 is 0 Å². The Balaban J connectivity index is 2.49. The maximum Gasteiger partial charge on any atom is 0.361 e. The number of hydrogen-bond acceptors (Lipinski definition) is 4. The molecule has 0 unspecified atom stereocenters. The third-order valence-corrected chi connectivity index (χ3v) is 2.88. The molecule has 0 aliphatic carbocycles. The Morgan fingerprint density at radius 3 is 2.83 bits per heavy atom. The van der Waals surface area contributed by atoms with Crippen molar-refractivity contribution in [3.8, 4) is 11.3 Å². The zero-order valence-electron chi connectivity index (χ0n) is 10.7. The van der Waals surface area contributed by atoms with E-state index in [1.54, 1.807) is 6.92 Å². The van der Waals surface area contributed by atoms with Gasteiger partial charge in [0.05, 0.1) is 6.61 Å². The van der Waals surface area contributed by atoms with Crippen molar-refractivity contribution in [1.82, 2.24) is 15.4 Å². The van der Waals surface area contributed by atoms with E-state index in [-0.39, 0.29) is 5.69 Å². The molecule has 94 valence electrons. The summed E-state index contributed by atoms with van der Waals surface area (Å²) in [6.07, 6.45) is 0. The van der Waals surface area contributed by atoms with Crippen molar-refractivity contribution < 1.29 is 9.53 Å². The Morgan fingerprint density at radius 1 is 1.33 bits per heavy atom. The lowest BCUT2D eigenvalue weighted by molar-refractivity contribution is 0.0520. The molecule has 0 bridgehead atoms. The fourth-order valence-corrected chi connectivity index (χ4v) is 1.77. The van der Waals surface area contributed by atoms with E-state index in [1.807, 2.05) is 32.0 Å². The standard InChI is InChI=1S/C13H15N3O2/c1-4-18-13(17)12-11(14-16-15-12)10-7-5-6-8(2)9(10)3/h5-7H,4H2,1-3H3,(H,14,15,16). The lowest BCUT2D eigenvalue weighted by Gasteiger charge is -2.06. The topological polar surface area (TPSA) is 67.9 Å². The van der Waals surface area contributed by atoms with Gasteiger partial charge in [0.1, 0.15) is 5.69 Å². The van der Waals surface area contributed by atoms with Gasteiger partial charge in [-0.1, -0.05) is 18.2 Å². The molecule has 0 saturated carbocycles. The second-order valence-electron chi connectivity index (χ2n) is 3.99. The summed E-state index contributed by atoms with van der Waals surface area (Å²) in [7, 11) is 0. The molecule has 0 fully saturated rings. The SMILES string of the molecule is CCOC(=O)c1n[nH]nc1-c1cccc(C)c1C. The zero-order valence-corrected chi connectivity index (χ0v) is 10.7. The maximum absolute atomic E-state index is 11.8. The number of benzene rings is 1. The quantitative estimate of drug-likeness (QED) is 0.842. The molecule has 0 saturated heterocycles. The van der Waals surface area contributed by atoms with Crippen molar-refractivity contribution in [1.29, 1.82) is 0 Å². The lowest BCUT2D eigenvalue weighted by Crippen LogP contribution is -2.07. The Bertz CT molecular complexity index is 575. The van der Waals surface area contributed by atoms with Gasteiger partial charge in [0.15, 0.2) is 5.69 Å². The van der Waals surface area contributed by atoms with Crippen molar-refractivity contribution in [2.45, 2.75) is 20.8 Å². The minimum atomic E-state index is -0.456. The number of ether oxygens (including phenoxy) is 1. The smallest absolute Gasteiger partial charge is 0.361 e. The Morgan fingerprint density at radius 2 is 2.11 bits per heavy atom.